The maximum Gasteiger partial charge on any atom is 0.106 e. The van der Waals surface area contributed by atoms with Crippen molar-refractivity contribution >= 4 is 32.9 Å². The van der Waals surface area contributed by atoms with Crippen LogP contribution in [0, 0.1) is 0 Å². The number of benzene rings is 1. The van der Waals surface area contributed by atoms with E-state index in [1.807, 2.05) is 0 Å². The topological polar surface area (TPSA) is 64.9 Å². The molecule has 1 aromatic heterocycles. The Morgan fingerprint density at radius 2 is 1.91 bits per heavy atom. The molecule has 0 aliphatic carbocycles. The number of rotatable bonds is 0. The van der Waals surface area contributed by atoms with Gasteiger partial charge < -0.3 is 11.5 Å². The molecule has 0 atom stereocenters. The highest BCUT2D eigenvalue weighted by atomic mass is 32.1. The van der Waals surface area contributed by atoms with E-state index in [-0.39, 0.29) is 0 Å². The van der Waals surface area contributed by atoms with Crippen LogP contribution in [-0.4, -0.2) is 4.98 Å². The highest BCUT2D eigenvalue weighted by Gasteiger charge is 2.02. The van der Waals surface area contributed by atoms with E-state index in [9.17, 15) is 0 Å². The lowest BCUT2D eigenvalue weighted by Gasteiger charge is -1.96. The zero-order valence-corrected chi connectivity index (χ0v) is 6.56. The predicted octanol–water partition coefficient (Wildman–Crippen LogP) is 1.46. The van der Waals surface area contributed by atoms with E-state index in [1.54, 1.807) is 17.6 Å². The van der Waals surface area contributed by atoms with Gasteiger partial charge in [0.2, 0.25) is 0 Å². The summed E-state index contributed by atoms with van der Waals surface area (Å²) in [4.78, 5) is 4.09. The van der Waals surface area contributed by atoms with Crippen LogP contribution in [0.25, 0.3) is 10.2 Å². The largest absolute Gasteiger partial charge is 0.398 e. The number of nitrogens with zero attached hydrogens (tertiary/aromatic N) is 1. The van der Waals surface area contributed by atoms with E-state index in [1.165, 1.54) is 11.3 Å². The molecule has 0 fully saturated rings. The Bertz CT molecular complexity index is 357. The van der Waals surface area contributed by atoms with E-state index in [4.69, 9.17) is 11.5 Å². The van der Waals surface area contributed by atoms with E-state index >= 15 is 0 Å². The minimum Gasteiger partial charge on any atom is -0.398 e. The van der Waals surface area contributed by atoms with Crippen LogP contribution >= 0.6 is 11.3 Å². The summed E-state index contributed by atoms with van der Waals surface area (Å²) in [5, 5.41) is 0. The number of hydrogen-bond acceptors (Lipinski definition) is 4. The molecule has 1 aromatic carbocycles. The minimum absolute atomic E-state index is 0.690. The molecule has 2 aromatic rings. The zero-order valence-electron chi connectivity index (χ0n) is 5.74. The molecule has 4 heteroatoms. The van der Waals surface area contributed by atoms with Crippen molar-refractivity contribution in [2.75, 3.05) is 11.5 Å². The fourth-order valence-corrected chi connectivity index (χ4v) is 1.74. The van der Waals surface area contributed by atoms with Gasteiger partial charge in [0.25, 0.3) is 0 Å². The summed E-state index contributed by atoms with van der Waals surface area (Å²) in [6, 6.07) is 3.58. The fourth-order valence-electron chi connectivity index (χ4n) is 0.991. The van der Waals surface area contributed by atoms with Gasteiger partial charge in [-0.05, 0) is 12.1 Å². The number of fused-ring (bicyclic) bond motifs is 1. The fraction of sp³-hybridized carbons (Fsp3) is 0. The maximum atomic E-state index is 5.68. The van der Waals surface area contributed by atoms with Crippen LogP contribution in [0.4, 0.5) is 11.4 Å². The van der Waals surface area contributed by atoms with Crippen molar-refractivity contribution in [2.24, 2.45) is 0 Å². The standard InChI is InChI=1S/C7H7N3S/c8-4-1-2-5(9)7-6(4)10-3-11-7/h1-3H,8-9H2. The highest BCUT2D eigenvalue weighted by molar-refractivity contribution is 7.17. The zero-order chi connectivity index (χ0) is 7.84. The molecule has 11 heavy (non-hydrogen) atoms. The van der Waals surface area contributed by atoms with Gasteiger partial charge in [0.1, 0.15) is 5.52 Å². The average molecular weight is 165 g/mol. The van der Waals surface area contributed by atoms with Crippen molar-refractivity contribution in [3.8, 4) is 0 Å². The first-order valence-electron chi connectivity index (χ1n) is 3.16. The van der Waals surface area contributed by atoms with Gasteiger partial charge in [-0.1, -0.05) is 0 Å². The second-order valence-electron chi connectivity index (χ2n) is 2.27. The van der Waals surface area contributed by atoms with E-state index in [0.29, 0.717) is 5.69 Å². The lowest BCUT2D eigenvalue weighted by Crippen LogP contribution is -1.89. The Kier molecular flexibility index (Phi) is 1.22. The molecule has 0 unspecified atom stereocenters. The second-order valence-corrected chi connectivity index (χ2v) is 3.13. The number of nitrogens with two attached hydrogens (primary N) is 2. The van der Waals surface area contributed by atoms with E-state index < -0.39 is 0 Å². The molecule has 1 heterocycles. The normalized spacial score (nSPS) is 10.5. The van der Waals surface area contributed by atoms with Crippen LogP contribution in [0.2, 0.25) is 0 Å². The molecule has 0 spiro atoms. The number of nitrogen functional groups attached to an aromatic ring is 2. The minimum atomic E-state index is 0.690. The smallest absolute Gasteiger partial charge is 0.106 e. The van der Waals surface area contributed by atoms with Crippen LogP contribution < -0.4 is 11.5 Å². The Hall–Kier alpha value is -1.29. The molecule has 0 saturated heterocycles. The number of anilines is 2. The van der Waals surface area contributed by atoms with Crippen LogP contribution in [0.15, 0.2) is 17.6 Å². The van der Waals surface area contributed by atoms with Crippen LogP contribution in [-0.2, 0) is 0 Å². The van der Waals surface area contributed by atoms with Crippen molar-refractivity contribution < 1.29 is 0 Å². The molecule has 0 amide bonds. The summed E-state index contributed by atoms with van der Waals surface area (Å²) in [6.07, 6.45) is 0. The first-order valence-corrected chi connectivity index (χ1v) is 4.04. The Labute approximate surface area is 67.7 Å². The molecule has 0 radical (unpaired) electrons. The third-order valence-corrected chi connectivity index (χ3v) is 2.42. The molecule has 56 valence electrons. The molecule has 0 aliphatic rings. The van der Waals surface area contributed by atoms with Gasteiger partial charge in [-0.3, -0.25) is 0 Å². The van der Waals surface area contributed by atoms with Gasteiger partial charge >= 0.3 is 0 Å². The van der Waals surface area contributed by atoms with Gasteiger partial charge in [-0.2, -0.15) is 0 Å². The third kappa shape index (κ3) is 0.832. The molecule has 4 N–H and O–H groups in total. The lowest BCUT2D eigenvalue weighted by molar-refractivity contribution is 1.50. The van der Waals surface area contributed by atoms with Gasteiger partial charge in [-0.25, -0.2) is 4.98 Å². The molecular weight excluding hydrogens is 158 g/mol. The molecule has 0 aliphatic heterocycles. The first kappa shape index (κ1) is 6.42. The third-order valence-electron chi connectivity index (χ3n) is 1.55. The molecule has 0 bridgehead atoms. The van der Waals surface area contributed by atoms with Crippen LogP contribution in [0.3, 0.4) is 0 Å². The summed E-state index contributed by atoms with van der Waals surface area (Å²) >= 11 is 1.51. The van der Waals surface area contributed by atoms with Crippen molar-refractivity contribution in [3.05, 3.63) is 17.6 Å². The van der Waals surface area contributed by atoms with E-state index in [0.717, 1.165) is 15.9 Å². The highest BCUT2D eigenvalue weighted by Crippen LogP contribution is 2.28. The summed E-state index contributed by atoms with van der Waals surface area (Å²) < 4.78 is 0.977. The SMILES string of the molecule is Nc1ccc(N)c2scnc12. The van der Waals surface area contributed by atoms with Crippen LogP contribution in [0.1, 0.15) is 0 Å². The van der Waals surface area contributed by atoms with Gasteiger partial charge in [0.05, 0.1) is 21.6 Å². The van der Waals surface area contributed by atoms with Gasteiger partial charge in [-0.15, -0.1) is 11.3 Å². The Morgan fingerprint density at radius 1 is 1.18 bits per heavy atom. The van der Waals surface area contributed by atoms with Crippen LogP contribution in [0.5, 0.6) is 0 Å². The number of hydrogen-bond donors (Lipinski definition) is 2. The van der Waals surface area contributed by atoms with Crippen molar-refractivity contribution in [1.82, 2.24) is 4.98 Å². The summed E-state index contributed by atoms with van der Waals surface area (Å²) in [5.41, 5.74) is 15.3. The maximum absolute atomic E-state index is 5.68. The Balaban J connectivity index is 2.96. The second kappa shape index (κ2) is 2.10. The average Bonchev–Trinajstić information content (AvgIpc) is 2.45. The monoisotopic (exact) mass is 165 g/mol. The number of aromatic nitrogens is 1. The summed E-state index contributed by atoms with van der Waals surface area (Å²) in [7, 11) is 0. The molecular formula is C7H7N3S. The summed E-state index contributed by atoms with van der Waals surface area (Å²) in [5.74, 6) is 0. The lowest BCUT2D eigenvalue weighted by atomic mass is 10.2. The molecule has 0 saturated carbocycles. The quantitative estimate of drug-likeness (QED) is 0.581. The van der Waals surface area contributed by atoms with Crippen molar-refractivity contribution in [3.63, 3.8) is 0 Å². The summed E-state index contributed by atoms with van der Waals surface area (Å²) in [6.45, 7) is 0. The predicted molar refractivity (Wildman–Crippen MR) is 48.4 cm³/mol. The van der Waals surface area contributed by atoms with Crippen molar-refractivity contribution in [2.45, 2.75) is 0 Å². The Morgan fingerprint density at radius 3 is 2.64 bits per heavy atom. The van der Waals surface area contributed by atoms with Gasteiger partial charge in [0.15, 0.2) is 0 Å². The van der Waals surface area contributed by atoms with E-state index in [2.05, 4.69) is 4.98 Å². The molecule has 3 nitrogen and oxygen atoms in total. The van der Waals surface area contributed by atoms with Crippen molar-refractivity contribution in [1.29, 1.82) is 0 Å². The number of thiazole rings is 1. The van der Waals surface area contributed by atoms with Gasteiger partial charge in [0, 0.05) is 0 Å². The first-order chi connectivity index (χ1) is 5.29. The molecule has 2 rings (SSSR count).